The van der Waals surface area contributed by atoms with Gasteiger partial charge in [0, 0.05) is 11.0 Å². The highest BCUT2D eigenvalue weighted by molar-refractivity contribution is 9.10. The molecule has 1 unspecified atom stereocenters. The van der Waals surface area contributed by atoms with Gasteiger partial charge in [-0.3, -0.25) is 4.79 Å². The molecule has 0 bridgehead atoms. The molecule has 126 valence electrons. The summed E-state index contributed by atoms with van der Waals surface area (Å²) >= 11 is 3.51. The van der Waals surface area contributed by atoms with Crippen molar-refractivity contribution in [1.82, 2.24) is 4.90 Å². The minimum atomic E-state index is -0.501. The van der Waals surface area contributed by atoms with Crippen LogP contribution in [-0.2, 0) is 21.6 Å². The molecule has 2 aromatic rings. The Morgan fingerprint density at radius 1 is 1.25 bits per heavy atom. The minimum Gasteiger partial charge on any atom is -0.497 e. The van der Waals surface area contributed by atoms with Crippen molar-refractivity contribution < 1.29 is 14.3 Å². The van der Waals surface area contributed by atoms with Gasteiger partial charge in [-0.25, -0.2) is 0 Å². The van der Waals surface area contributed by atoms with Gasteiger partial charge in [0.05, 0.1) is 19.3 Å². The normalized spacial score (nSPS) is 21.0. The summed E-state index contributed by atoms with van der Waals surface area (Å²) in [5.41, 5.74) is 1.62. The van der Waals surface area contributed by atoms with Crippen molar-refractivity contribution >= 4 is 21.8 Å². The zero-order chi connectivity index (χ0) is 17.2. The molecule has 1 heterocycles. The van der Waals surface area contributed by atoms with Crippen LogP contribution in [0.5, 0.6) is 5.75 Å². The van der Waals surface area contributed by atoms with Gasteiger partial charge in [0.1, 0.15) is 12.4 Å². The van der Waals surface area contributed by atoms with Crippen LogP contribution in [0.4, 0.5) is 0 Å². The van der Waals surface area contributed by atoms with E-state index in [9.17, 15) is 4.79 Å². The fraction of sp³-hybridized carbons (Fsp3) is 0.316. The Morgan fingerprint density at radius 3 is 2.67 bits per heavy atom. The molecule has 1 atom stereocenters. The van der Waals surface area contributed by atoms with E-state index in [1.807, 2.05) is 53.4 Å². The molecule has 1 aliphatic rings. The van der Waals surface area contributed by atoms with Gasteiger partial charge in [0.25, 0.3) is 0 Å². The summed E-state index contributed by atoms with van der Waals surface area (Å²) in [6.07, 6.45) is 0. The number of carbonyl (C=O) groups is 1. The Hall–Kier alpha value is -1.85. The lowest BCUT2D eigenvalue weighted by Crippen LogP contribution is -2.55. The van der Waals surface area contributed by atoms with Gasteiger partial charge in [-0.05, 0) is 42.3 Å². The highest BCUT2D eigenvalue weighted by atomic mass is 79.9. The van der Waals surface area contributed by atoms with E-state index in [1.54, 1.807) is 7.11 Å². The van der Waals surface area contributed by atoms with Gasteiger partial charge in [-0.15, -0.1) is 0 Å². The summed E-state index contributed by atoms with van der Waals surface area (Å²) < 4.78 is 11.8. The number of rotatable bonds is 4. The van der Waals surface area contributed by atoms with Crippen molar-refractivity contribution in [2.24, 2.45) is 0 Å². The number of hydrogen-bond donors (Lipinski definition) is 0. The maximum Gasteiger partial charge on any atom is 0.249 e. The van der Waals surface area contributed by atoms with Gasteiger partial charge >= 0.3 is 0 Å². The van der Waals surface area contributed by atoms with Crippen molar-refractivity contribution in [3.05, 3.63) is 64.1 Å². The molecule has 3 rings (SSSR count). The molecule has 2 aromatic carbocycles. The van der Waals surface area contributed by atoms with E-state index < -0.39 is 5.54 Å². The summed E-state index contributed by atoms with van der Waals surface area (Å²) in [4.78, 5) is 14.5. The van der Waals surface area contributed by atoms with Crippen molar-refractivity contribution in [2.75, 3.05) is 20.3 Å². The van der Waals surface area contributed by atoms with E-state index in [4.69, 9.17) is 9.47 Å². The quantitative estimate of drug-likeness (QED) is 0.799. The number of nitrogens with zero attached hydrogens (tertiary/aromatic N) is 1. The van der Waals surface area contributed by atoms with E-state index >= 15 is 0 Å². The van der Waals surface area contributed by atoms with Crippen LogP contribution >= 0.6 is 15.9 Å². The van der Waals surface area contributed by atoms with E-state index in [2.05, 4.69) is 22.9 Å². The highest BCUT2D eigenvalue weighted by Gasteiger charge is 2.40. The van der Waals surface area contributed by atoms with E-state index in [1.165, 1.54) is 0 Å². The minimum absolute atomic E-state index is 0.000423. The summed E-state index contributed by atoms with van der Waals surface area (Å²) in [6.45, 7) is 3.19. The third-order valence-electron chi connectivity index (χ3n) is 4.45. The van der Waals surface area contributed by atoms with Crippen molar-refractivity contribution in [1.29, 1.82) is 0 Å². The molecule has 4 nitrogen and oxygen atoms in total. The molecular weight excluding hydrogens is 370 g/mol. The van der Waals surface area contributed by atoms with Gasteiger partial charge < -0.3 is 14.4 Å². The molecular formula is C19H20BrNO3. The zero-order valence-electron chi connectivity index (χ0n) is 13.8. The van der Waals surface area contributed by atoms with Crippen molar-refractivity contribution in [3.63, 3.8) is 0 Å². The first-order chi connectivity index (χ1) is 11.5. The topological polar surface area (TPSA) is 38.8 Å². The second-order valence-corrected chi connectivity index (χ2v) is 7.02. The van der Waals surface area contributed by atoms with Crippen LogP contribution in [0.15, 0.2) is 53.0 Å². The zero-order valence-corrected chi connectivity index (χ0v) is 15.4. The first-order valence-electron chi connectivity index (χ1n) is 7.80. The number of hydrogen-bond acceptors (Lipinski definition) is 3. The van der Waals surface area contributed by atoms with Gasteiger partial charge in [0.15, 0.2) is 0 Å². The van der Waals surface area contributed by atoms with Crippen molar-refractivity contribution in [2.45, 2.75) is 19.0 Å². The SMILES string of the molecule is COc1ccc(CN2C(=O)COCC2(C)c2cccc(Br)c2)cc1. The Labute approximate surface area is 150 Å². The molecule has 0 radical (unpaired) electrons. The van der Waals surface area contributed by atoms with Crippen LogP contribution in [0, 0.1) is 0 Å². The Balaban J connectivity index is 1.92. The molecule has 0 aliphatic carbocycles. The largest absolute Gasteiger partial charge is 0.497 e. The molecule has 1 saturated heterocycles. The van der Waals surface area contributed by atoms with Crippen molar-refractivity contribution in [3.8, 4) is 5.75 Å². The third kappa shape index (κ3) is 3.32. The molecule has 1 amide bonds. The lowest BCUT2D eigenvalue weighted by molar-refractivity contribution is -0.159. The Bertz CT molecular complexity index is 732. The average molecular weight is 390 g/mol. The van der Waals surface area contributed by atoms with Gasteiger partial charge in [-0.1, -0.05) is 40.2 Å². The molecule has 0 aromatic heterocycles. The molecule has 24 heavy (non-hydrogen) atoms. The van der Waals surface area contributed by atoms with Crippen LogP contribution in [0.3, 0.4) is 0 Å². The van der Waals surface area contributed by atoms with E-state index in [-0.39, 0.29) is 12.5 Å². The molecule has 0 saturated carbocycles. The van der Waals surface area contributed by atoms with Crippen LogP contribution in [0.2, 0.25) is 0 Å². The van der Waals surface area contributed by atoms with Crippen LogP contribution in [0.1, 0.15) is 18.1 Å². The summed E-state index contributed by atoms with van der Waals surface area (Å²) in [5, 5.41) is 0. The smallest absolute Gasteiger partial charge is 0.249 e. The summed E-state index contributed by atoms with van der Waals surface area (Å²) in [5.74, 6) is 0.807. The predicted octanol–water partition coefficient (Wildman–Crippen LogP) is 3.73. The number of benzene rings is 2. The molecule has 1 fully saturated rings. The van der Waals surface area contributed by atoms with E-state index in [0.29, 0.717) is 13.2 Å². The standard InChI is InChI=1S/C19H20BrNO3/c1-19(15-4-3-5-16(20)10-15)13-24-12-18(22)21(19)11-14-6-8-17(23-2)9-7-14/h3-10H,11-13H2,1-2H3. The average Bonchev–Trinajstić information content (AvgIpc) is 2.59. The first-order valence-corrected chi connectivity index (χ1v) is 8.59. The fourth-order valence-corrected chi connectivity index (χ4v) is 3.41. The van der Waals surface area contributed by atoms with E-state index in [0.717, 1.165) is 21.3 Å². The lowest BCUT2D eigenvalue weighted by atomic mass is 9.89. The predicted molar refractivity (Wildman–Crippen MR) is 95.9 cm³/mol. The number of halogens is 1. The monoisotopic (exact) mass is 389 g/mol. The Kier molecular flexibility index (Phi) is 4.92. The molecule has 5 heteroatoms. The maximum absolute atomic E-state index is 12.6. The highest BCUT2D eigenvalue weighted by Crippen LogP contribution is 2.34. The number of carbonyl (C=O) groups excluding carboxylic acids is 1. The number of amides is 1. The second kappa shape index (κ2) is 6.95. The van der Waals surface area contributed by atoms with Crippen LogP contribution in [0.25, 0.3) is 0 Å². The number of ether oxygens (including phenoxy) is 2. The molecule has 0 N–H and O–H groups in total. The fourth-order valence-electron chi connectivity index (χ4n) is 3.01. The third-order valence-corrected chi connectivity index (χ3v) is 4.94. The summed E-state index contributed by atoms with van der Waals surface area (Å²) in [7, 11) is 1.64. The number of methoxy groups -OCH3 is 1. The second-order valence-electron chi connectivity index (χ2n) is 6.10. The number of morpholine rings is 1. The lowest BCUT2D eigenvalue weighted by Gasteiger charge is -2.45. The summed E-state index contributed by atoms with van der Waals surface area (Å²) in [6, 6.07) is 15.8. The molecule has 1 aliphatic heterocycles. The van der Waals surface area contributed by atoms with Gasteiger partial charge in [-0.2, -0.15) is 0 Å². The maximum atomic E-state index is 12.6. The van der Waals surface area contributed by atoms with Crippen LogP contribution < -0.4 is 4.74 Å². The van der Waals surface area contributed by atoms with Gasteiger partial charge in [0.2, 0.25) is 5.91 Å². The first kappa shape index (κ1) is 17.0. The molecule has 0 spiro atoms. The van der Waals surface area contributed by atoms with Crippen LogP contribution in [-0.4, -0.2) is 31.1 Å². The Morgan fingerprint density at radius 2 is 2.00 bits per heavy atom.